The molecule has 0 spiro atoms. The van der Waals surface area contributed by atoms with Crippen molar-refractivity contribution in [3.05, 3.63) is 23.9 Å². The minimum absolute atomic E-state index is 0.346. The molecular weight excluding hydrogens is 258 g/mol. The summed E-state index contributed by atoms with van der Waals surface area (Å²) in [5.74, 6) is -4.34. The molecule has 0 aromatic heterocycles. The predicted molar refractivity (Wildman–Crippen MR) is 64.3 cm³/mol. The van der Waals surface area contributed by atoms with E-state index in [1.807, 2.05) is 0 Å². The third-order valence-electron chi connectivity index (χ3n) is 2.13. The Labute approximate surface area is 109 Å². The van der Waals surface area contributed by atoms with Gasteiger partial charge in [0, 0.05) is 17.8 Å². The van der Waals surface area contributed by atoms with E-state index in [9.17, 15) is 18.4 Å². The molecule has 1 aliphatic heterocycles. The van der Waals surface area contributed by atoms with Gasteiger partial charge in [0.2, 0.25) is 5.91 Å². The van der Waals surface area contributed by atoms with E-state index in [1.54, 1.807) is 20.8 Å². The van der Waals surface area contributed by atoms with Crippen LogP contribution in [0.2, 0.25) is 0 Å². The van der Waals surface area contributed by atoms with Gasteiger partial charge in [-0.15, -0.1) is 0 Å². The van der Waals surface area contributed by atoms with E-state index in [1.165, 1.54) is 0 Å². The first-order valence-corrected chi connectivity index (χ1v) is 5.58. The molecule has 0 fully saturated rings. The van der Waals surface area contributed by atoms with Gasteiger partial charge in [0.15, 0.2) is 0 Å². The number of primary amides is 1. The first-order chi connectivity index (χ1) is 8.50. The quantitative estimate of drug-likeness (QED) is 0.792. The third-order valence-corrected chi connectivity index (χ3v) is 2.13. The maximum absolute atomic E-state index is 13.3. The van der Waals surface area contributed by atoms with Gasteiger partial charge in [0.25, 0.3) is 5.92 Å². The zero-order valence-corrected chi connectivity index (χ0v) is 10.9. The second-order valence-electron chi connectivity index (χ2n) is 5.13. The molecule has 0 bridgehead atoms. The summed E-state index contributed by atoms with van der Waals surface area (Å²) < 4.78 is 31.6. The SMILES string of the molecule is CC(C)(C)OC(=O)N1C=CC(F)(F)C=C(C(N)=O)C1. The summed E-state index contributed by atoms with van der Waals surface area (Å²) in [5, 5.41) is 0. The van der Waals surface area contributed by atoms with E-state index in [2.05, 4.69) is 0 Å². The molecule has 2 N–H and O–H groups in total. The molecule has 5 nitrogen and oxygen atoms in total. The highest BCUT2D eigenvalue weighted by molar-refractivity contribution is 5.93. The molecule has 0 atom stereocenters. The van der Waals surface area contributed by atoms with Crippen LogP contribution < -0.4 is 5.73 Å². The molecule has 7 heteroatoms. The van der Waals surface area contributed by atoms with Crippen molar-refractivity contribution in [1.29, 1.82) is 0 Å². The summed E-state index contributed by atoms with van der Waals surface area (Å²) in [6.07, 6.45) is 1.01. The van der Waals surface area contributed by atoms with Crippen LogP contribution in [0, 0.1) is 0 Å². The number of halogens is 2. The number of ether oxygens (including phenoxy) is 1. The number of carbonyl (C=O) groups excluding carboxylic acids is 2. The minimum atomic E-state index is -3.33. The Kier molecular flexibility index (Phi) is 3.97. The zero-order chi connectivity index (χ0) is 14.8. The zero-order valence-electron chi connectivity index (χ0n) is 10.9. The number of nitrogens with two attached hydrogens (primary N) is 1. The molecule has 19 heavy (non-hydrogen) atoms. The predicted octanol–water partition coefficient (Wildman–Crippen LogP) is 1.80. The molecule has 0 aromatic carbocycles. The highest BCUT2D eigenvalue weighted by Gasteiger charge is 2.31. The number of carbonyl (C=O) groups is 2. The van der Waals surface area contributed by atoms with Gasteiger partial charge >= 0.3 is 6.09 Å². The Morgan fingerprint density at radius 1 is 1.42 bits per heavy atom. The Morgan fingerprint density at radius 2 is 2.00 bits per heavy atom. The third kappa shape index (κ3) is 4.69. The summed E-state index contributed by atoms with van der Waals surface area (Å²) >= 11 is 0. The lowest BCUT2D eigenvalue weighted by atomic mass is 10.2. The van der Waals surface area contributed by atoms with Gasteiger partial charge in [-0.25, -0.2) is 4.79 Å². The number of alkyl halides is 2. The molecule has 2 amide bonds. The average Bonchev–Trinajstić information content (AvgIpc) is 2.34. The molecule has 0 saturated heterocycles. The van der Waals surface area contributed by atoms with Gasteiger partial charge in [-0.05, 0) is 26.8 Å². The Balaban J connectivity index is 2.96. The largest absolute Gasteiger partial charge is 0.443 e. The maximum atomic E-state index is 13.3. The monoisotopic (exact) mass is 274 g/mol. The van der Waals surface area contributed by atoms with Gasteiger partial charge in [-0.1, -0.05) is 0 Å². The molecule has 0 aromatic rings. The van der Waals surface area contributed by atoms with Crippen LogP contribution in [0.25, 0.3) is 0 Å². The van der Waals surface area contributed by atoms with Crippen molar-refractivity contribution >= 4 is 12.0 Å². The molecule has 0 aliphatic carbocycles. The van der Waals surface area contributed by atoms with E-state index < -0.39 is 23.5 Å². The highest BCUT2D eigenvalue weighted by Crippen LogP contribution is 2.24. The van der Waals surface area contributed by atoms with Crippen LogP contribution in [0.5, 0.6) is 0 Å². The van der Waals surface area contributed by atoms with Crippen molar-refractivity contribution in [2.75, 3.05) is 6.54 Å². The van der Waals surface area contributed by atoms with Crippen molar-refractivity contribution in [2.24, 2.45) is 5.73 Å². The summed E-state index contributed by atoms with van der Waals surface area (Å²) in [6.45, 7) is 4.58. The topological polar surface area (TPSA) is 72.6 Å². The van der Waals surface area contributed by atoms with E-state index >= 15 is 0 Å². The summed E-state index contributed by atoms with van der Waals surface area (Å²) in [5.41, 5.74) is 3.89. The number of allylic oxidation sites excluding steroid dienone is 2. The first kappa shape index (κ1) is 15.1. The van der Waals surface area contributed by atoms with Gasteiger partial charge in [-0.3, -0.25) is 9.69 Å². The molecule has 1 aliphatic rings. The number of rotatable bonds is 1. The fourth-order valence-corrected chi connectivity index (χ4v) is 1.35. The Bertz CT molecular complexity index is 450. The van der Waals surface area contributed by atoms with E-state index in [0.717, 1.165) is 11.1 Å². The summed E-state index contributed by atoms with van der Waals surface area (Å²) in [7, 11) is 0. The Morgan fingerprint density at radius 3 is 2.47 bits per heavy atom. The molecule has 1 rings (SSSR count). The highest BCUT2D eigenvalue weighted by atomic mass is 19.3. The smallest absolute Gasteiger partial charge is 0.414 e. The molecule has 106 valence electrons. The standard InChI is InChI=1S/C12H16F2N2O3/c1-11(2,3)19-10(18)16-5-4-12(13,14)6-8(7-16)9(15)17/h4-6H,7H2,1-3H3,(H2,15,17). The summed E-state index contributed by atoms with van der Waals surface area (Å²) in [4.78, 5) is 23.7. The fourth-order valence-electron chi connectivity index (χ4n) is 1.35. The van der Waals surface area contributed by atoms with Gasteiger partial charge in [-0.2, -0.15) is 8.78 Å². The normalized spacial score (nSPS) is 18.6. The van der Waals surface area contributed by atoms with Crippen LogP contribution in [0.1, 0.15) is 20.8 Å². The number of hydrogen-bond acceptors (Lipinski definition) is 3. The molecule has 0 saturated carbocycles. The summed E-state index contributed by atoms with van der Waals surface area (Å²) in [6, 6.07) is 0. The lowest BCUT2D eigenvalue weighted by molar-refractivity contribution is -0.114. The lowest BCUT2D eigenvalue weighted by Gasteiger charge is -2.24. The first-order valence-electron chi connectivity index (χ1n) is 5.58. The number of hydrogen-bond donors (Lipinski definition) is 1. The minimum Gasteiger partial charge on any atom is -0.443 e. The molecule has 0 radical (unpaired) electrons. The van der Waals surface area contributed by atoms with E-state index in [0.29, 0.717) is 12.2 Å². The molecule has 0 unspecified atom stereocenters. The van der Waals surface area contributed by atoms with Crippen molar-refractivity contribution in [3.8, 4) is 0 Å². The van der Waals surface area contributed by atoms with Crippen molar-refractivity contribution in [3.63, 3.8) is 0 Å². The van der Waals surface area contributed by atoms with E-state index in [4.69, 9.17) is 10.5 Å². The second-order valence-corrected chi connectivity index (χ2v) is 5.13. The van der Waals surface area contributed by atoms with Crippen LogP contribution in [-0.2, 0) is 9.53 Å². The van der Waals surface area contributed by atoms with E-state index in [-0.39, 0.29) is 12.1 Å². The van der Waals surface area contributed by atoms with Crippen molar-refractivity contribution in [2.45, 2.75) is 32.3 Å². The number of amides is 2. The van der Waals surface area contributed by atoms with Gasteiger partial charge in [0.1, 0.15) is 5.60 Å². The fraction of sp³-hybridized carbons (Fsp3) is 0.500. The van der Waals surface area contributed by atoms with Crippen LogP contribution >= 0.6 is 0 Å². The van der Waals surface area contributed by atoms with Crippen LogP contribution in [-0.4, -0.2) is 35.0 Å². The molecule has 1 heterocycles. The second kappa shape index (κ2) is 4.99. The van der Waals surface area contributed by atoms with Crippen molar-refractivity contribution < 1.29 is 23.1 Å². The number of nitrogens with zero attached hydrogens (tertiary/aromatic N) is 1. The van der Waals surface area contributed by atoms with Crippen LogP contribution in [0.3, 0.4) is 0 Å². The maximum Gasteiger partial charge on any atom is 0.414 e. The van der Waals surface area contributed by atoms with Crippen molar-refractivity contribution in [1.82, 2.24) is 4.90 Å². The van der Waals surface area contributed by atoms with Crippen LogP contribution in [0.15, 0.2) is 23.9 Å². The van der Waals surface area contributed by atoms with Gasteiger partial charge in [0.05, 0.1) is 6.54 Å². The Hall–Kier alpha value is -1.92. The lowest BCUT2D eigenvalue weighted by Crippen LogP contribution is -2.36. The molecular formula is C12H16F2N2O3. The van der Waals surface area contributed by atoms with Gasteiger partial charge < -0.3 is 10.5 Å². The van der Waals surface area contributed by atoms with Crippen LogP contribution in [0.4, 0.5) is 13.6 Å². The average molecular weight is 274 g/mol.